The summed E-state index contributed by atoms with van der Waals surface area (Å²) in [5.41, 5.74) is 2.89. The van der Waals surface area contributed by atoms with Crippen molar-refractivity contribution in [2.45, 2.75) is 31.8 Å². The molecule has 1 amide bonds. The highest BCUT2D eigenvalue weighted by Crippen LogP contribution is 2.29. The van der Waals surface area contributed by atoms with Crippen LogP contribution in [0.15, 0.2) is 36.4 Å². The number of amides is 1. The number of carbonyl (C=O) groups is 1. The predicted molar refractivity (Wildman–Crippen MR) is 102 cm³/mol. The standard InChI is InChI=1S/C20H25N3OS/c24-20(19-8-7-18(25-19)17-6-3-10-21-17)22-11-13-23-12-9-15-4-1-2-5-16(15)14-23/h1-2,4-5,7-8,17,21H,3,6,9-14H2,(H,22,24). The van der Waals surface area contributed by atoms with Crippen LogP contribution >= 0.6 is 11.3 Å². The summed E-state index contributed by atoms with van der Waals surface area (Å²) >= 11 is 1.63. The number of benzene rings is 1. The van der Waals surface area contributed by atoms with Crippen LogP contribution in [-0.4, -0.2) is 37.0 Å². The highest BCUT2D eigenvalue weighted by molar-refractivity contribution is 7.14. The molecule has 1 aromatic carbocycles. The molecule has 2 aliphatic rings. The lowest BCUT2D eigenvalue weighted by Crippen LogP contribution is -2.37. The van der Waals surface area contributed by atoms with Gasteiger partial charge in [0.15, 0.2) is 0 Å². The van der Waals surface area contributed by atoms with Gasteiger partial charge in [-0.2, -0.15) is 0 Å². The first-order chi connectivity index (χ1) is 12.3. The zero-order valence-corrected chi connectivity index (χ0v) is 15.3. The van der Waals surface area contributed by atoms with Crippen molar-refractivity contribution in [2.24, 2.45) is 0 Å². The monoisotopic (exact) mass is 355 g/mol. The molecule has 4 nitrogen and oxygen atoms in total. The molecular weight excluding hydrogens is 330 g/mol. The smallest absolute Gasteiger partial charge is 0.261 e. The fourth-order valence-corrected chi connectivity index (χ4v) is 4.78. The summed E-state index contributed by atoms with van der Waals surface area (Å²) in [6.07, 6.45) is 3.51. The quantitative estimate of drug-likeness (QED) is 0.867. The van der Waals surface area contributed by atoms with Crippen molar-refractivity contribution in [1.82, 2.24) is 15.5 Å². The van der Waals surface area contributed by atoms with Crippen molar-refractivity contribution in [1.29, 1.82) is 0 Å². The van der Waals surface area contributed by atoms with Crippen LogP contribution < -0.4 is 10.6 Å². The summed E-state index contributed by atoms with van der Waals surface area (Å²) < 4.78 is 0. The van der Waals surface area contributed by atoms with Crippen LogP contribution in [0.4, 0.5) is 0 Å². The van der Waals surface area contributed by atoms with E-state index in [1.165, 1.54) is 28.8 Å². The normalized spacial score (nSPS) is 20.4. The predicted octanol–water partition coefficient (Wildman–Crippen LogP) is 2.96. The lowest BCUT2D eigenvalue weighted by Gasteiger charge is -2.28. The molecule has 5 heteroatoms. The Labute approximate surface area is 153 Å². The van der Waals surface area contributed by atoms with E-state index in [-0.39, 0.29) is 5.91 Å². The first-order valence-electron chi connectivity index (χ1n) is 9.20. The molecule has 3 heterocycles. The number of hydrogen-bond donors (Lipinski definition) is 2. The fourth-order valence-electron chi connectivity index (χ4n) is 3.75. The summed E-state index contributed by atoms with van der Waals surface area (Å²) in [7, 11) is 0. The zero-order chi connectivity index (χ0) is 17.1. The fraction of sp³-hybridized carbons (Fsp3) is 0.450. The van der Waals surface area contributed by atoms with E-state index < -0.39 is 0 Å². The van der Waals surface area contributed by atoms with Crippen LogP contribution in [0.1, 0.15) is 44.6 Å². The van der Waals surface area contributed by atoms with E-state index in [1.54, 1.807) is 11.3 Å². The van der Waals surface area contributed by atoms with E-state index in [4.69, 9.17) is 0 Å². The molecule has 0 aliphatic carbocycles. The Balaban J connectivity index is 1.25. The Morgan fingerprint density at radius 1 is 1.24 bits per heavy atom. The molecule has 1 aromatic heterocycles. The van der Waals surface area contributed by atoms with Crippen LogP contribution in [0.5, 0.6) is 0 Å². The Morgan fingerprint density at radius 3 is 2.96 bits per heavy atom. The molecule has 1 unspecified atom stereocenters. The molecule has 25 heavy (non-hydrogen) atoms. The van der Waals surface area contributed by atoms with Gasteiger partial charge in [-0.15, -0.1) is 11.3 Å². The highest BCUT2D eigenvalue weighted by atomic mass is 32.1. The van der Waals surface area contributed by atoms with Gasteiger partial charge in [0.25, 0.3) is 5.91 Å². The molecule has 0 radical (unpaired) electrons. The molecule has 2 N–H and O–H groups in total. The first-order valence-corrected chi connectivity index (χ1v) is 10.0. The van der Waals surface area contributed by atoms with Crippen LogP contribution in [0.3, 0.4) is 0 Å². The van der Waals surface area contributed by atoms with Crippen molar-refractivity contribution < 1.29 is 4.79 Å². The second-order valence-electron chi connectivity index (χ2n) is 6.90. The van der Waals surface area contributed by atoms with Gasteiger partial charge in [-0.1, -0.05) is 24.3 Å². The molecule has 4 rings (SSSR count). The van der Waals surface area contributed by atoms with Crippen molar-refractivity contribution in [2.75, 3.05) is 26.2 Å². The largest absolute Gasteiger partial charge is 0.350 e. The minimum Gasteiger partial charge on any atom is -0.350 e. The van der Waals surface area contributed by atoms with Crippen molar-refractivity contribution in [3.63, 3.8) is 0 Å². The van der Waals surface area contributed by atoms with Gasteiger partial charge < -0.3 is 10.6 Å². The average Bonchev–Trinajstić information content (AvgIpc) is 3.33. The van der Waals surface area contributed by atoms with E-state index in [0.29, 0.717) is 12.6 Å². The molecule has 0 spiro atoms. The van der Waals surface area contributed by atoms with E-state index >= 15 is 0 Å². The minimum atomic E-state index is 0.0617. The Kier molecular flexibility index (Phi) is 5.15. The number of hydrogen-bond acceptors (Lipinski definition) is 4. The van der Waals surface area contributed by atoms with E-state index in [1.807, 2.05) is 6.07 Å². The van der Waals surface area contributed by atoms with Gasteiger partial charge in [0.2, 0.25) is 0 Å². The number of thiophene rings is 1. The summed E-state index contributed by atoms with van der Waals surface area (Å²) in [5, 5.41) is 6.58. The lowest BCUT2D eigenvalue weighted by atomic mass is 10.00. The Hall–Kier alpha value is -1.69. The second kappa shape index (κ2) is 7.68. The number of rotatable bonds is 5. The van der Waals surface area contributed by atoms with Crippen molar-refractivity contribution in [3.8, 4) is 0 Å². The third-order valence-corrected chi connectivity index (χ3v) is 6.38. The van der Waals surface area contributed by atoms with Gasteiger partial charge in [0, 0.05) is 37.1 Å². The topological polar surface area (TPSA) is 44.4 Å². The van der Waals surface area contributed by atoms with Crippen LogP contribution in [0, 0.1) is 0 Å². The molecule has 1 fully saturated rings. The van der Waals surface area contributed by atoms with Gasteiger partial charge in [-0.25, -0.2) is 0 Å². The number of fused-ring (bicyclic) bond motifs is 1. The number of carbonyl (C=O) groups excluding carboxylic acids is 1. The summed E-state index contributed by atoms with van der Waals surface area (Å²) in [6.45, 7) is 4.76. The van der Waals surface area contributed by atoms with Crippen LogP contribution in [-0.2, 0) is 13.0 Å². The van der Waals surface area contributed by atoms with Crippen LogP contribution in [0.25, 0.3) is 0 Å². The molecule has 0 saturated carbocycles. The van der Waals surface area contributed by atoms with Crippen molar-refractivity contribution >= 4 is 17.2 Å². The van der Waals surface area contributed by atoms with E-state index in [2.05, 4.69) is 45.9 Å². The molecule has 132 valence electrons. The second-order valence-corrected chi connectivity index (χ2v) is 8.02. The van der Waals surface area contributed by atoms with Crippen LogP contribution in [0.2, 0.25) is 0 Å². The number of nitrogens with one attached hydrogen (secondary N) is 2. The third kappa shape index (κ3) is 3.94. The van der Waals surface area contributed by atoms with E-state index in [0.717, 1.165) is 37.5 Å². The van der Waals surface area contributed by atoms with Gasteiger partial charge in [-0.3, -0.25) is 9.69 Å². The Morgan fingerprint density at radius 2 is 2.12 bits per heavy atom. The maximum atomic E-state index is 12.4. The molecule has 1 saturated heterocycles. The zero-order valence-electron chi connectivity index (χ0n) is 14.5. The number of nitrogens with zero attached hydrogens (tertiary/aromatic N) is 1. The summed E-state index contributed by atoms with van der Waals surface area (Å²) in [4.78, 5) is 16.9. The summed E-state index contributed by atoms with van der Waals surface area (Å²) in [5.74, 6) is 0.0617. The summed E-state index contributed by atoms with van der Waals surface area (Å²) in [6, 6.07) is 13.2. The maximum Gasteiger partial charge on any atom is 0.261 e. The maximum absolute atomic E-state index is 12.4. The first kappa shape index (κ1) is 16.8. The van der Waals surface area contributed by atoms with E-state index in [9.17, 15) is 4.79 Å². The average molecular weight is 356 g/mol. The van der Waals surface area contributed by atoms with Gasteiger partial charge in [-0.05, 0) is 49.1 Å². The SMILES string of the molecule is O=C(NCCN1CCc2ccccc2C1)c1ccc(C2CCCN2)s1. The molecule has 2 aromatic rings. The van der Waals surface area contributed by atoms with Crippen molar-refractivity contribution in [3.05, 3.63) is 57.3 Å². The van der Waals surface area contributed by atoms with Gasteiger partial charge in [0.05, 0.1) is 4.88 Å². The van der Waals surface area contributed by atoms with Gasteiger partial charge in [0.1, 0.15) is 0 Å². The molecular formula is C20H25N3OS. The van der Waals surface area contributed by atoms with Gasteiger partial charge >= 0.3 is 0 Å². The molecule has 2 aliphatic heterocycles. The third-order valence-electron chi connectivity index (χ3n) is 5.18. The molecule has 1 atom stereocenters. The molecule has 0 bridgehead atoms. The highest BCUT2D eigenvalue weighted by Gasteiger charge is 2.20. The Bertz CT molecular complexity index is 736. The minimum absolute atomic E-state index is 0.0617. The lowest BCUT2D eigenvalue weighted by molar-refractivity contribution is 0.0951.